The lowest BCUT2D eigenvalue weighted by Gasteiger charge is -2.33. The fourth-order valence-electron chi connectivity index (χ4n) is 3.53. The maximum Gasteiger partial charge on any atom is 0.143 e. The molecule has 1 aliphatic rings. The summed E-state index contributed by atoms with van der Waals surface area (Å²) in [4.78, 5) is 16.6. The standard InChI is InChI=1S/C18H18ClFN8O/c19-12-5-11(1-2-13(12)20)25-18-16-10(6-22-17(16)23-9-24-18)7-28-4-3-14(26-27-21)15(29)8-28/h1-2,5-6,9,14-15,29H,3-4,7-8H2,(H2,22,23,24,25)/t14-,15-/m1/s1. The molecule has 150 valence electrons. The van der Waals surface area contributed by atoms with Gasteiger partial charge in [-0.25, -0.2) is 14.4 Å². The van der Waals surface area contributed by atoms with Gasteiger partial charge in [-0.05, 0) is 42.3 Å². The fraction of sp³-hybridized carbons (Fsp3) is 0.333. The van der Waals surface area contributed by atoms with Crippen molar-refractivity contribution in [1.82, 2.24) is 19.9 Å². The highest BCUT2D eigenvalue weighted by atomic mass is 35.5. The molecule has 2 aromatic heterocycles. The Labute approximate surface area is 170 Å². The smallest absolute Gasteiger partial charge is 0.143 e. The summed E-state index contributed by atoms with van der Waals surface area (Å²) in [5.74, 6) is 0.0773. The zero-order chi connectivity index (χ0) is 20.4. The summed E-state index contributed by atoms with van der Waals surface area (Å²) in [5.41, 5.74) is 10.8. The van der Waals surface area contributed by atoms with Crippen LogP contribution in [0.2, 0.25) is 5.02 Å². The van der Waals surface area contributed by atoms with Gasteiger partial charge in [-0.2, -0.15) is 0 Å². The number of halogens is 2. The Bertz CT molecular complexity index is 1080. The monoisotopic (exact) mass is 416 g/mol. The van der Waals surface area contributed by atoms with Crippen molar-refractivity contribution in [3.05, 3.63) is 57.6 Å². The average molecular weight is 417 g/mol. The van der Waals surface area contributed by atoms with E-state index in [9.17, 15) is 9.50 Å². The largest absolute Gasteiger partial charge is 0.391 e. The number of hydrogen-bond donors (Lipinski definition) is 3. The van der Waals surface area contributed by atoms with E-state index in [-0.39, 0.29) is 5.02 Å². The van der Waals surface area contributed by atoms with Crippen LogP contribution < -0.4 is 5.32 Å². The third-order valence-electron chi connectivity index (χ3n) is 4.96. The van der Waals surface area contributed by atoms with Crippen molar-refractivity contribution in [3.8, 4) is 0 Å². The number of aromatic amines is 1. The molecule has 1 fully saturated rings. The van der Waals surface area contributed by atoms with Crippen molar-refractivity contribution in [2.24, 2.45) is 5.11 Å². The zero-order valence-electron chi connectivity index (χ0n) is 15.3. The van der Waals surface area contributed by atoms with Gasteiger partial charge in [0.05, 0.1) is 22.6 Å². The van der Waals surface area contributed by atoms with Crippen LogP contribution in [0.5, 0.6) is 0 Å². The second-order valence-electron chi connectivity index (χ2n) is 6.88. The third-order valence-corrected chi connectivity index (χ3v) is 5.25. The Morgan fingerprint density at radius 3 is 3.07 bits per heavy atom. The molecule has 2 atom stereocenters. The summed E-state index contributed by atoms with van der Waals surface area (Å²) in [7, 11) is 0. The van der Waals surface area contributed by atoms with Crippen LogP contribution in [0, 0.1) is 5.82 Å². The number of nitrogens with one attached hydrogen (secondary N) is 2. The van der Waals surface area contributed by atoms with Crippen molar-refractivity contribution in [2.75, 3.05) is 18.4 Å². The molecule has 1 saturated heterocycles. The number of aliphatic hydroxyl groups is 1. The topological polar surface area (TPSA) is 126 Å². The molecule has 1 aliphatic heterocycles. The molecule has 4 rings (SSSR count). The highest BCUT2D eigenvalue weighted by Crippen LogP contribution is 2.29. The minimum atomic E-state index is -0.708. The van der Waals surface area contributed by atoms with Crippen LogP contribution in [0.3, 0.4) is 0 Å². The number of rotatable bonds is 5. The molecule has 0 radical (unpaired) electrons. The van der Waals surface area contributed by atoms with Crippen molar-refractivity contribution in [3.63, 3.8) is 0 Å². The number of aromatic nitrogens is 3. The van der Waals surface area contributed by atoms with Crippen LogP contribution in [0.15, 0.2) is 35.8 Å². The quantitative estimate of drug-likeness (QED) is 0.332. The molecule has 0 saturated carbocycles. The number of nitrogens with zero attached hydrogens (tertiary/aromatic N) is 6. The maximum absolute atomic E-state index is 13.4. The van der Waals surface area contributed by atoms with Crippen molar-refractivity contribution in [1.29, 1.82) is 0 Å². The van der Waals surface area contributed by atoms with Crippen molar-refractivity contribution < 1.29 is 9.50 Å². The van der Waals surface area contributed by atoms with Gasteiger partial charge in [0.25, 0.3) is 0 Å². The number of fused-ring (bicyclic) bond motifs is 1. The highest BCUT2D eigenvalue weighted by Gasteiger charge is 2.27. The molecular formula is C18H18ClFN8O. The summed E-state index contributed by atoms with van der Waals surface area (Å²) in [6, 6.07) is 3.96. The number of azide groups is 1. The van der Waals surface area contributed by atoms with Crippen molar-refractivity contribution in [2.45, 2.75) is 25.1 Å². The van der Waals surface area contributed by atoms with Crippen LogP contribution in [0.4, 0.5) is 15.9 Å². The predicted octanol–water partition coefficient (Wildman–Crippen LogP) is 3.74. The predicted molar refractivity (Wildman–Crippen MR) is 107 cm³/mol. The van der Waals surface area contributed by atoms with E-state index in [1.807, 2.05) is 6.20 Å². The lowest BCUT2D eigenvalue weighted by molar-refractivity contribution is 0.0503. The number of likely N-dealkylation sites (tertiary alicyclic amines) is 1. The van der Waals surface area contributed by atoms with Crippen LogP contribution in [-0.4, -0.2) is 50.2 Å². The first-order valence-electron chi connectivity index (χ1n) is 9.03. The van der Waals surface area contributed by atoms with Crippen LogP contribution in [-0.2, 0) is 6.54 Å². The summed E-state index contributed by atoms with van der Waals surface area (Å²) in [5, 5.41) is 17.9. The van der Waals surface area contributed by atoms with Gasteiger partial charge in [-0.3, -0.25) is 4.90 Å². The SMILES string of the molecule is [N-]=[N+]=N[C@@H]1CCN(Cc2c[nH]c3ncnc(Nc4ccc(F)c(Cl)c4)c23)C[C@H]1O. The number of piperidine rings is 1. The van der Waals surface area contributed by atoms with Crippen LogP contribution >= 0.6 is 11.6 Å². The van der Waals surface area contributed by atoms with Crippen molar-refractivity contribution >= 4 is 34.1 Å². The van der Waals surface area contributed by atoms with Crippen LogP contribution in [0.1, 0.15) is 12.0 Å². The van der Waals surface area contributed by atoms with Gasteiger partial charge in [0.15, 0.2) is 0 Å². The first-order valence-corrected chi connectivity index (χ1v) is 9.40. The first-order chi connectivity index (χ1) is 14.0. The maximum atomic E-state index is 13.4. The summed E-state index contributed by atoms with van der Waals surface area (Å²) in [6.45, 7) is 1.66. The van der Waals surface area contributed by atoms with E-state index in [4.69, 9.17) is 17.1 Å². The van der Waals surface area contributed by atoms with E-state index < -0.39 is 18.0 Å². The van der Waals surface area contributed by atoms with Gasteiger partial charge in [-0.1, -0.05) is 16.7 Å². The zero-order valence-corrected chi connectivity index (χ0v) is 16.0. The molecule has 0 bridgehead atoms. The Morgan fingerprint density at radius 2 is 2.31 bits per heavy atom. The lowest BCUT2D eigenvalue weighted by atomic mass is 10.0. The molecule has 0 spiro atoms. The van der Waals surface area contributed by atoms with Gasteiger partial charge in [0, 0.05) is 29.9 Å². The number of aliphatic hydroxyl groups excluding tert-OH is 1. The normalized spacial score (nSPS) is 19.8. The van der Waals surface area contributed by atoms with Gasteiger partial charge >= 0.3 is 0 Å². The second kappa shape index (κ2) is 8.22. The van der Waals surface area contributed by atoms with Gasteiger partial charge in [0.1, 0.15) is 23.6 Å². The number of H-pyrrole nitrogens is 1. The van der Waals surface area contributed by atoms with Gasteiger partial charge in [0.2, 0.25) is 0 Å². The molecule has 11 heteroatoms. The van der Waals surface area contributed by atoms with Crippen LogP contribution in [0.25, 0.3) is 21.5 Å². The molecule has 1 aromatic carbocycles. The highest BCUT2D eigenvalue weighted by molar-refractivity contribution is 6.31. The first kappa shape index (κ1) is 19.4. The third kappa shape index (κ3) is 4.10. The fourth-order valence-corrected chi connectivity index (χ4v) is 3.71. The molecular weight excluding hydrogens is 399 g/mol. The Kier molecular flexibility index (Phi) is 5.50. The molecule has 0 aliphatic carbocycles. The minimum Gasteiger partial charge on any atom is -0.391 e. The molecule has 3 heterocycles. The summed E-state index contributed by atoms with van der Waals surface area (Å²) < 4.78 is 13.4. The molecule has 29 heavy (non-hydrogen) atoms. The molecule has 0 amide bonds. The second-order valence-corrected chi connectivity index (χ2v) is 7.28. The molecule has 3 aromatic rings. The summed E-state index contributed by atoms with van der Waals surface area (Å²) in [6.07, 6.45) is 3.17. The van der Waals surface area contributed by atoms with E-state index in [1.165, 1.54) is 18.5 Å². The number of hydrogen-bond acceptors (Lipinski definition) is 6. The number of anilines is 2. The number of β-amino-alcohol motifs (C(OH)–C–C–N with tert-alkyl or cyclic N) is 1. The van der Waals surface area contributed by atoms with Gasteiger partial charge in [-0.15, -0.1) is 0 Å². The molecule has 3 N–H and O–H groups in total. The summed E-state index contributed by atoms with van der Waals surface area (Å²) >= 11 is 5.87. The Hall–Kier alpha value is -2.91. The Balaban J connectivity index is 1.58. The lowest BCUT2D eigenvalue weighted by Crippen LogP contribution is -2.45. The molecule has 9 nitrogen and oxygen atoms in total. The van der Waals surface area contributed by atoms with E-state index >= 15 is 0 Å². The van der Waals surface area contributed by atoms with E-state index in [0.717, 1.165) is 10.9 Å². The van der Waals surface area contributed by atoms with E-state index in [1.54, 1.807) is 6.07 Å². The Morgan fingerprint density at radius 1 is 1.45 bits per heavy atom. The minimum absolute atomic E-state index is 0.0199. The number of benzene rings is 1. The van der Waals surface area contributed by atoms with E-state index in [2.05, 4.69) is 35.2 Å². The van der Waals surface area contributed by atoms with E-state index in [0.29, 0.717) is 43.2 Å². The molecule has 0 unspecified atom stereocenters. The average Bonchev–Trinajstić information content (AvgIpc) is 3.11. The van der Waals surface area contributed by atoms with Gasteiger partial charge < -0.3 is 15.4 Å².